The summed E-state index contributed by atoms with van der Waals surface area (Å²) < 4.78 is 0. The van der Waals surface area contributed by atoms with Crippen LogP contribution in [-0.4, -0.2) is 11.1 Å². The minimum atomic E-state index is -0.968. The average molecular weight is 228 g/mol. The van der Waals surface area contributed by atoms with Gasteiger partial charge in [-0.15, -0.1) is 0 Å². The van der Waals surface area contributed by atoms with Gasteiger partial charge in [0.15, 0.2) is 0 Å². The molecule has 0 saturated carbocycles. The van der Waals surface area contributed by atoms with Crippen LogP contribution < -0.4 is 0 Å². The zero-order valence-electron chi connectivity index (χ0n) is 9.64. The van der Waals surface area contributed by atoms with Gasteiger partial charge in [0.1, 0.15) is 5.56 Å². The molecule has 1 N–H and O–H groups in total. The van der Waals surface area contributed by atoms with Crippen molar-refractivity contribution in [3.63, 3.8) is 0 Å². The van der Waals surface area contributed by atoms with Crippen LogP contribution in [0.5, 0.6) is 0 Å². The van der Waals surface area contributed by atoms with E-state index in [1.54, 1.807) is 38.1 Å². The predicted molar refractivity (Wildman–Crippen MR) is 63.0 cm³/mol. The topological polar surface area (TPSA) is 46.0 Å². The van der Waals surface area contributed by atoms with E-state index in [1.165, 1.54) is 0 Å². The molecule has 1 rings (SSSR count). The van der Waals surface area contributed by atoms with Gasteiger partial charge in [-0.1, -0.05) is 12.1 Å². The molecule has 0 radical (unpaired) electrons. The number of carboxylic acid groups (broad SMARTS) is 1. The Hall–Kier alpha value is -2.33. The van der Waals surface area contributed by atoms with Crippen LogP contribution in [-0.2, 0) is 10.2 Å². The van der Waals surface area contributed by atoms with Crippen molar-refractivity contribution in [2.75, 3.05) is 0 Å². The molecule has 4 nitrogen and oxygen atoms in total. The van der Waals surface area contributed by atoms with Crippen molar-refractivity contribution in [3.05, 3.63) is 58.2 Å². The van der Waals surface area contributed by atoms with E-state index < -0.39 is 17.6 Å². The summed E-state index contributed by atoms with van der Waals surface area (Å²) in [6.07, 6.45) is -0.836. The molecular formula is C13H12N2O2. The van der Waals surface area contributed by atoms with Crippen LogP contribution in [0.4, 0.5) is 0 Å². The highest BCUT2D eigenvalue weighted by Gasteiger charge is 2.30. The SMILES string of the molecule is [C-]#[N+]C([N+]#[C-])c1ccc(C(C)(C)C(=O)O)cc1. The van der Waals surface area contributed by atoms with Crippen LogP contribution in [0.3, 0.4) is 0 Å². The van der Waals surface area contributed by atoms with Crippen molar-refractivity contribution in [3.8, 4) is 0 Å². The number of benzene rings is 1. The monoisotopic (exact) mass is 228 g/mol. The standard InChI is InChI=1S/C13H12N2O2/c1-13(2,12(16)17)10-7-5-9(6-8-10)11(14-3)15-4/h5-8,11H,1-2H3,(H,16,17). The fourth-order valence-corrected chi connectivity index (χ4v) is 1.37. The van der Waals surface area contributed by atoms with E-state index in [0.717, 1.165) is 0 Å². The molecule has 0 aliphatic heterocycles. The summed E-state index contributed by atoms with van der Waals surface area (Å²) >= 11 is 0. The van der Waals surface area contributed by atoms with Gasteiger partial charge >= 0.3 is 12.1 Å². The fourth-order valence-electron chi connectivity index (χ4n) is 1.37. The number of rotatable bonds is 3. The molecular weight excluding hydrogens is 216 g/mol. The normalized spacial score (nSPS) is 10.6. The zero-order chi connectivity index (χ0) is 13.1. The van der Waals surface area contributed by atoms with Crippen LogP contribution in [0.1, 0.15) is 31.1 Å². The second kappa shape index (κ2) is 4.67. The van der Waals surface area contributed by atoms with Crippen LogP contribution in [0.15, 0.2) is 24.3 Å². The molecule has 1 aromatic rings. The van der Waals surface area contributed by atoms with E-state index in [4.69, 9.17) is 18.3 Å². The number of carboxylic acids is 1. The highest BCUT2D eigenvalue weighted by Crippen LogP contribution is 2.26. The van der Waals surface area contributed by atoms with E-state index >= 15 is 0 Å². The number of carbonyl (C=O) groups is 1. The highest BCUT2D eigenvalue weighted by atomic mass is 16.4. The zero-order valence-corrected chi connectivity index (χ0v) is 9.64. The summed E-state index contributed by atoms with van der Waals surface area (Å²) in [4.78, 5) is 17.4. The van der Waals surface area contributed by atoms with Gasteiger partial charge in [0.2, 0.25) is 0 Å². The lowest BCUT2D eigenvalue weighted by atomic mass is 9.84. The van der Waals surface area contributed by atoms with Crippen LogP contribution in [0.2, 0.25) is 0 Å². The predicted octanol–water partition coefficient (Wildman–Crippen LogP) is 2.89. The fraction of sp³-hybridized carbons (Fsp3) is 0.308. The largest absolute Gasteiger partial charge is 0.502 e. The van der Waals surface area contributed by atoms with Gasteiger partial charge in [-0.3, -0.25) is 4.79 Å². The van der Waals surface area contributed by atoms with Gasteiger partial charge < -0.3 is 5.11 Å². The van der Waals surface area contributed by atoms with E-state index in [2.05, 4.69) is 9.69 Å². The molecule has 0 aromatic heterocycles. The summed E-state index contributed by atoms with van der Waals surface area (Å²) in [5, 5.41) is 9.07. The molecule has 0 spiro atoms. The third-order valence-corrected chi connectivity index (χ3v) is 2.71. The van der Waals surface area contributed by atoms with Gasteiger partial charge in [-0.25, -0.2) is 22.8 Å². The Balaban J connectivity index is 3.10. The van der Waals surface area contributed by atoms with E-state index in [0.29, 0.717) is 11.1 Å². The van der Waals surface area contributed by atoms with E-state index in [9.17, 15) is 4.79 Å². The number of hydrogen-bond acceptors (Lipinski definition) is 1. The molecule has 17 heavy (non-hydrogen) atoms. The van der Waals surface area contributed by atoms with Gasteiger partial charge in [0.25, 0.3) is 0 Å². The maximum atomic E-state index is 11.1. The molecule has 0 aliphatic carbocycles. The molecule has 4 heteroatoms. The summed E-state index contributed by atoms with van der Waals surface area (Å²) in [7, 11) is 0. The first kappa shape index (κ1) is 12.7. The lowest BCUT2D eigenvalue weighted by Gasteiger charge is -2.19. The Morgan fingerprint density at radius 1 is 1.24 bits per heavy atom. The quantitative estimate of drug-likeness (QED) is 0.808. The minimum Gasteiger partial charge on any atom is -0.481 e. The number of hydrogen-bond donors (Lipinski definition) is 1. The van der Waals surface area contributed by atoms with Crippen molar-refractivity contribution in [1.82, 2.24) is 0 Å². The van der Waals surface area contributed by atoms with Crippen molar-refractivity contribution >= 4 is 5.97 Å². The van der Waals surface area contributed by atoms with Gasteiger partial charge in [0, 0.05) is 0 Å². The van der Waals surface area contributed by atoms with Crippen LogP contribution in [0, 0.1) is 13.1 Å². The Bertz CT molecular complexity index is 490. The summed E-state index contributed by atoms with van der Waals surface area (Å²) in [5.74, 6) is -0.905. The molecule has 0 unspecified atom stereocenters. The molecule has 0 bridgehead atoms. The summed E-state index contributed by atoms with van der Waals surface area (Å²) in [6, 6.07) is 6.60. The van der Waals surface area contributed by atoms with Gasteiger partial charge in [0.05, 0.1) is 5.41 Å². The summed E-state index contributed by atoms with van der Waals surface area (Å²) in [6.45, 7) is 17.0. The van der Waals surface area contributed by atoms with Crippen LogP contribution in [0.25, 0.3) is 9.69 Å². The third kappa shape index (κ3) is 2.43. The maximum Gasteiger partial charge on any atom is 0.502 e. The lowest BCUT2D eigenvalue weighted by molar-refractivity contribution is -0.142. The van der Waals surface area contributed by atoms with Crippen molar-refractivity contribution in [2.45, 2.75) is 25.4 Å². The van der Waals surface area contributed by atoms with Crippen molar-refractivity contribution in [1.29, 1.82) is 0 Å². The second-order valence-corrected chi connectivity index (χ2v) is 4.18. The van der Waals surface area contributed by atoms with Gasteiger partial charge in [-0.05, 0) is 31.5 Å². The Kier molecular flexibility index (Phi) is 3.50. The molecule has 0 amide bonds. The molecule has 86 valence electrons. The lowest BCUT2D eigenvalue weighted by Crippen LogP contribution is -2.28. The van der Waals surface area contributed by atoms with Crippen LogP contribution >= 0.6 is 0 Å². The Morgan fingerprint density at radius 2 is 1.71 bits per heavy atom. The number of nitrogens with zero attached hydrogens (tertiary/aromatic N) is 2. The highest BCUT2D eigenvalue weighted by molar-refractivity contribution is 5.80. The molecule has 0 atom stereocenters. The third-order valence-electron chi connectivity index (χ3n) is 2.71. The molecule has 0 fully saturated rings. The van der Waals surface area contributed by atoms with E-state index in [1.807, 2.05) is 0 Å². The Labute approximate surface area is 100 Å². The first-order valence-corrected chi connectivity index (χ1v) is 5.00. The van der Waals surface area contributed by atoms with E-state index in [-0.39, 0.29) is 0 Å². The number of aliphatic carboxylic acids is 1. The molecule has 1 aromatic carbocycles. The first-order valence-electron chi connectivity index (χ1n) is 5.00. The first-order chi connectivity index (χ1) is 7.93. The molecule has 0 aliphatic rings. The average Bonchev–Trinajstić information content (AvgIpc) is 2.31. The minimum absolute atomic E-state index is 0.597. The summed E-state index contributed by atoms with van der Waals surface area (Å²) in [5.41, 5.74) is 0.284. The van der Waals surface area contributed by atoms with Crippen molar-refractivity contribution < 1.29 is 9.90 Å². The molecule has 0 heterocycles. The Morgan fingerprint density at radius 3 is 2.06 bits per heavy atom. The van der Waals surface area contributed by atoms with Crippen molar-refractivity contribution in [2.24, 2.45) is 0 Å². The maximum absolute atomic E-state index is 11.1. The molecule has 0 saturated heterocycles. The van der Waals surface area contributed by atoms with Gasteiger partial charge in [-0.2, -0.15) is 0 Å². The smallest absolute Gasteiger partial charge is 0.481 e. The second-order valence-electron chi connectivity index (χ2n) is 4.18.